The third kappa shape index (κ3) is 3.87. The Morgan fingerprint density at radius 3 is 2.09 bits per heavy atom. The summed E-state index contributed by atoms with van der Waals surface area (Å²) in [5.41, 5.74) is 9.85. The summed E-state index contributed by atoms with van der Waals surface area (Å²) in [6.07, 6.45) is 0. The van der Waals surface area contributed by atoms with E-state index in [2.05, 4.69) is 119 Å². The highest BCUT2D eigenvalue weighted by Gasteiger charge is 2.20. The summed E-state index contributed by atoms with van der Waals surface area (Å²) in [5.74, 6) is 0. The van der Waals surface area contributed by atoms with Crippen LogP contribution in [0.3, 0.4) is 0 Å². The van der Waals surface area contributed by atoms with Crippen molar-refractivity contribution in [1.82, 2.24) is 4.98 Å². The van der Waals surface area contributed by atoms with Crippen LogP contribution in [0.5, 0.6) is 0 Å². The molecule has 0 radical (unpaired) electrons. The fourth-order valence-electron chi connectivity index (χ4n) is 4.11. The van der Waals surface area contributed by atoms with Crippen molar-refractivity contribution in [1.29, 1.82) is 0 Å². The first-order valence-corrected chi connectivity index (χ1v) is 11.9. The van der Waals surface area contributed by atoms with Crippen molar-refractivity contribution >= 4 is 21.6 Å². The van der Waals surface area contributed by atoms with E-state index < -0.39 is 0 Å². The number of thiazole rings is 1. The van der Waals surface area contributed by atoms with Gasteiger partial charge in [0.25, 0.3) is 0 Å². The minimum atomic E-state index is 0.0623. The van der Waals surface area contributed by atoms with Crippen molar-refractivity contribution in [2.45, 2.75) is 33.1 Å². The molecule has 0 saturated carbocycles. The summed E-state index contributed by atoms with van der Waals surface area (Å²) in [7, 11) is 0. The second kappa shape index (κ2) is 8.03. The number of benzene rings is 4. The molecule has 32 heavy (non-hydrogen) atoms. The molecule has 1 heterocycles. The number of rotatable bonds is 3. The molecular formula is C30H27NS. The Balaban J connectivity index is 1.74. The van der Waals surface area contributed by atoms with E-state index in [0.29, 0.717) is 0 Å². The number of nitrogens with zero attached hydrogens (tertiary/aromatic N) is 1. The van der Waals surface area contributed by atoms with Crippen LogP contribution in [0.1, 0.15) is 31.9 Å². The van der Waals surface area contributed by atoms with Crippen LogP contribution in [0.15, 0.2) is 91.0 Å². The Bertz CT molecular complexity index is 1400. The summed E-state index contributed by atoms with van der Waals surface area (Å²) in [4.78, 5) is 5.16. The Labute approximate surface area is 194 Å². The van der Waals surface area contributed by atoms with Gasteiger partial charge in [0.1, 0.15) is 5.01 Å². The Morgan fingerprint density at radius 2 is 1.34 bits per heavy atom. The minimum Gasteiger partial charge on any atom is -0.235 e. The van der Waals surface area contributed by atoms with E-state index in [9.17, 15) is 0 Å². The van der Waals surface area contributed by atoms with Gasteiger partial charge in [0.15, 0.2) is 0 Å². The first-order chi connectivity index (χ1) is 15.4. The normalized spacial score (nSPS) is 11.8. The van der Waals surface area contributed by atoms with Crippen molar-refractivity contribution in [3.8, 4) is 32.8 Å². The van der Waals surface area contributed by atoms with Gasteiger partial charge in [-0.05, 0) is 58.4 Å². The predicted octanol–water partition coefficient (Wildman–Crippen LogP) is 8.90. The van der Waals surface area contributed by atoms with Gasteiger partial charge in [-0.1, -0.05) is 93.6 Å². The maximum atomic E-state index is 5.16. The largest absolute Gasteiger partial charge is 0.235 e. The van der Waals surface area contributed by atoms with E-state index in [4.69, 9.17) is 4.98 Å². The zero-order valence-corrected chi connectivity index (χ0v) is 19.8. The van der Waals surface area contributed by atoms with Crippen LogP contribution in [0.2, 0.25) is 0 Å². The molecule has 0 spiro atoms. The minimum absolute atomic E-state index is 0.0623. The average Bonchev–Trinajstić information content (AvgIpc) is 3.23. The van der Waals surface area contributed by atoms with Crippen LogP contribution in [0.4, 0.5) is 0 Å². The maximum absolute atomic E-state index is 5.16. The van der Waals surface area contributed by atoms with Gasteiger partial charge < -0.3 is 0 Å². The molecule has 5 aromatic rings. The maximum Gasteiger partial charge on any atom is 0.124 e. The molecule has 0 unspecified atom stereocenters. The molecule has 0 bridgehead atoms. The second-order valence-electron chi connectivity index (χ2n) is 9.40. The van der Waals surface area contributed by atoms with Gasteiger partial charge in [-0.15, -0.1) is 11.3 Å². The highest BCUT2D eigenvalue weighted by molar-refractivity contribution is 7.21. The van der Waals surface area contributed by atoms with Gasteiger partial charge in [-0.2, -0.15) is 0 Å². The smallest absolute Gasteiger partial charge is 0.124 e. The zero-order valence-electron chi connectivity index (χ0n) is 19.0. The van der Waals surface area contributed by atoms with Crippen molar-refractivity contribution in [2.75, 3.05) is 0 Å². The fourth-order valence-corrected chi connectivity index (χ4v) is 5.23. The molecule has 1 nitrogen and oxygen atoms in total. The Kier molecular flexibility index (Phi) is 5.19. The summed E-state index contributed by atoms with van der Waals surface area (Å²) >= 11 is 1.79. The molecule has 2 heteroatoms. The van der Waals surface area contributed by atoms with Crippen LogP contribution in [0, 0.1) is 6.92 Å². The van der Waals surface area contributed by atoms with E-state index in [0.717, 1.165) is 10.5 Å². The third-order valence-electron chi connectivity index (χ3n) is 6.02. The van der Waals surface area contributed by atoms with Crippen LogP contribution in [0.25, 0.3) is 43.0 Å². The van der Waals surface area contributed by atoms with Crippen LogP contribution < -0.4 is 0 Å². The molecule has 0 aliphatic heterocycles. The lowest BCUT2D eigenvalue weighted by atomic mass is 9.85. The molecule has 0 saturated heterocycles. The first-order valence-electron chi connectivity index (χ1n) is 11.1. The fraction of sp³-hybridized carbons (Fsp3) is 0.167. The highest BCUT2D eigenvalue weighted by Crippen LogP contribution is 2.40. The van der Waals surface area contributed by atoms with Crippen molar-refractivity contribution < 1.29 is 0 Å². The molecule has 1 aromatic heterocycles. The summed E-state index contributed by atoms with van der Waals surface area (Å²) < 4.78 is 1.25. The SMILES string of the molecule is Cc1ccccc1-c1nc2c(-c3cccc(-c4ccccc4)c3)cc(C(C)(C)C)cc2s1. The highest BCUT2D eigenvalue weighted by atomic mass is 32.1. The molecule has 0 aliphatic carbocycles. The molecule has 4 aromatic carbocycles. The number of fused-ring (bicyclic) bond motifs is 1. The lowest BCUT2D eigenvalue weighted by Gasteiger charge is -2.20. The molecule has 0 atom stereocenters. The molecule has 0 N–H and O–H groups in total. The summed E-state index contributed by atoms with van der Waals surface area (Å²) in [5, 5.41) is 1.09. The topological polar surface area (TPSA) is 12.9 Å². The van der Waals surface area contributed by atoms with E-state index >= 15 is 0 Å². The van der Waals surface area contributed by atoms with E-state index in [1.165, 1.54) is 43.6 Å². The van der Waals surface area contributed by atoms with E-state index in [1.54, 1.807) is 11.3 Å². The Morgan fingerprint density at radius 1 is 0.656 bits per heavy atom. The summed E-state index contributed by atoms with van der Waals surface area (Å²) in [6.45, 7) is 9.00. The molecular weight excluding hydrogens is 406 g/mol. The van der Waals surface area contributed by atoms with E-state index in [-0.39, 0.29) is 5.41 Å². The van der Waals surface area contributed by atoms with Crippen LogP contribution in [-0.4, -0.2) is 4.98 Å². The van der Waals surface area contributed by atoms with Gasteiger partial charge in [0.2, 0.25) is 0 Å². The van der Waals surface area contributed by atoms with Crippen molar-refractivity contribution in [3.63, 3.8) is 0 Å². The molecule has 0 fully saturated rings. The van der Waals surface area contributed by atoms with Gasteiger partial charge in [0, 0.05) is 11.1 Å². The Hall–Kier alpha value is -3.23. The molecule has 0 amide bonds. The monoisotopic (exact) mass is 433 g/mol. The first kappa shape index (κ1) is 20.7. The van der Waals surface area contributed by atoms with Gasteiger partial charge in [-0.25, -0.2) is 4.98 Å². The van der Waals surface area contributed by atoms with Crippen molar-refractivity contribution in [3.05, 3.63) is 102 Å². The van der Waals surface area contributed by atoms with Gasteiger partial charge in [-0.3, -0.25) is 0 Å². The molecule has 158 valence electrons. The van der Waals surface area contributed by atoms with Gasteiger partial charge in [0.05, 0.1) is 10.2 Å². The summed E-state index contributed by atoms with van der Waals surface area (Å²) in [6, 6.07) is 32.6. The second-order valence-corrected chi connectivity index (χ2v) is 10.4. The van der Waals surface area contributed by atoms with Gasteiger partial charge >= 0.3 is 0 Å². The average molecular weight is 434 g/mol. The number of hydrogen-bond donors (Lipinski definition) is 0. The number of hydrogen-bond acceptors (Lipinski definition) is 2. The van der Waals surface area contributed by atoms with E-state index in [1.807, 2.05) is 0 Å². The number of aryl methyl sites for hydroxylation is 1. The van der Waals surface area contributed by atoms with Crippen LogP contribution >= 0.6 is 11.3 Å². The predicted molar refractivity (Wildman–Crippen MR) is 139 cm³/mol. The zero-order chi connectivity index (χ0) is 22.3. The standard InChI is InChI=1S/C30H27NS/c1-20-11-8-9-16-25(20)29-31-28-26(18-24(30(2,3)4)19-27(28)32-29)23-15-10-14-22(17-23)21-12-6-5-7-13-21/h5-19H,1-4H3. The molecule has 5 rings (SSSR count). The quantitative estimate of drug-likeness (QED) is 0.277. The third-order valence-corrected chi connectivity index (χ3v) is 7.05. The lowest BCUT2D eigenvalue weighted by molar-refractivity contribution is 0.591. The lowest BCUT2D eigenvalue weighted by Crippen LogP contribution is -2.11. The molecule has 0 aliphatic rings. The van der Waals surface area contributed by atoms with Crippen LogP contribution in [-0.2, 0) is 5.41 Å². The number of aromatic nitrogens is 1. The van der Waals surface area contributed by atoms with Crippen molar-refractivity contribution in [2.24, 2.45) is 0 Å².